The van der Waals surface area contributed by atoms with Crippen molar-refractivity contribution in [2.24, 2.45) is 0 Å². The summed E-state index contributed by atoms with van der Waals surface area (Å²) in [5, 5.41) is 13.1. The molecule has 0 heterocycles. The number of methoxy groups -OCH3 is 1. The van der Waals surface area contributed by atoms with E-state index in [1.54, 1.807) is 24.3 Å². The van der Waals surface area contributed by atoms with Gasteiger partial charge in [-0.15, -0.1) is 0 Å². The van der Waals surface area contributed by atoms with Crippen molar-refractivity contribution in [3.05, 3.63) is 58.6 Å². The summed E-state index contributed by atoms with van der Waals surface area (Å²) < 4.78 is 19.8. The highest BCUT2D eigenvalue weighted by atomic mass is 32.2. The summed E-state index contributed by atoms with van der Waals surface area (Å²) in [5.41, 5.74) is 0.337. The van der Waals surface area contributed by atoms with Gasteiger partial charge in [0.05, 0.1) is 26.6 Å². The lowest BCUT2D eigenvalue weighted by Gasteiger charge is -2.12. The van der Waals surface area contributed by atoms with Gasteiger partial charge in [0.15, 0.2) is 0 Å². The highest BCUT2D eigenvalue weighted by Gasteiger charge is 2.14. The molecule has 2 aromatic carbocycles. The van der Waals surface area contributed by atoms with E-state index in [4.69, 9.17) is 4.74 Å². The van der Waals surface area contributed by atoms with Gasteiger partial charge in [0, 0.05) is 17.8 Å². The standard InChI is InChI=1S/C15H15N3O5S/c1-23-13-7-3-11(4-8-13)16-15(19)17-24(2,22)14-9-5-12(6-10-14)18(20)21/h3-10H,2H2,1H3,(H2,16,17,19,22). The first-order valence-electron chi connectivity index (χ1n) is 6.66. The number of benzene rings is 2. The van der Waals surface area contributed by atoms with Crippen molar-refractivity contribution in [2.45, 2.75) is 4.90 Å². The van der Waals surface area contributed by atoms with Gasteiger partial charge in [-0.05, 0) is 42.3 Å². The van der Waals surface area contributed by atoms with Crippen LogP contribution in [0.15, 0.2) is 53.4 Å². The number of carbonyl (C=O) groups excluding carboxylic acids is 1. The van der Waals surface area contributed by atoms with E-state index in [1.165, 1.54) is 31.4 Å². The molecule has 0 spiro atoms. The molecule has 8 nitrogen and oxygen atoms in total. The average molecular weight is 349 g/mol. The number of nitro benzene ring substituents is 1. The zero-order valence-electron chi connectivity index (χ0n) is 12.7. The Balaban J connectivity index is 2.07. The first kappa shape index (κ1) is 17.3. The first-order chi connectivity index (χ1) is 11.3. The minimum absolute atomic E-state index is 0.142. The monoisotopic (exact) mass is 349 g/mol. The van der Waals surface area contributed by atoms with Crippen LogP contribution in [0.2, 0.25) is 0 Å². The Bertz CT molecular complexity index is 846. The summed E-state index contributed by atoms with van der Waals surface area (Å²) >= 11 is 0. The second kappa shape index (κ2) is 7.01. The number of nitrogens with zero attached hydrogens (tertiary/aromatic N) is 1. The van der Waals surface area contributed by atoms with Crippen LogP contribution in [0.5, 0.6) is 5.75 Å². The van der Waals surface area contributed by atoms with E-state index in [0.29, 0.717) is 11.4 Å². The predicted octanol–water partition coefficient (Wildman–Crippen LogP) is 2.42. The number of amides is 2. The van der Waals surface area contributed by atoms with E-state index in [1.807, 2.05) is 0 Å². The fourth-order valence-electron chi connectivity index (χ4n) is 1.83. The van der Waals surface area contributed by atoms with Crippen LogP contribution >= 0.6 is 0 Å². The van der Waals surface area contributed by atoms with E-state index < -0.39 is 20.7 Å². The molecule has 2 N–H and O–H groups in total. The molecule has 0 bridgehead atoms. The maximum absolute atomic E-state index is 12.5. The molecule has 1 unspecified atom stereocenters. The third kappa shape index (κ3) is 4.23. The maximum atomic E-state index is 12.5. The van der Waals surface area contributed by atoms with Crippen molar-refractivity contribution in [2.75, 3.05) is 12.4 Å². The summed E-state index contributed by atoms with van der Waals surface area (Å²) in [5.74, 6) is 4.12. The number of hydrogen-bond acceptors (Lipinski definition) is 5. The van der Waals surface area contributed by atoms with Gasteiger partial charge in [0.1, 0.15) is 5.75 Å². The Labute approximate surface area is 138 Å². The van der Waals surface area contributed by atoms with E-state index in [9.17, 15) is 19.1 Å². The summed E-state index contributed by atoms with van der Waals surface area (Å²) in [6.07, 6.45) is 0. The van der Waals surface area contributed by atoms with Crippen molar-refractivity contribution in [3.8, 4) is 5.75 Å². The van der Waals surface area contributed by atoms with Gasteiger partial charge < -0.3 is 10.1 Å². The van der Waals surface area contributed by atoms with Crippen LogP contribution in [0.25, 0.3) is 0 Å². The normalized spacial score (nSPS) is 12.7. The smallest absolute Gasteiger partial charge is 0.330 e. The molecule has 126 valence electrons. The molecule has 9 heteroatoms. The van der Waals surface area contributed by atoms with Crippen molar-refractivity contribution in [1.82, 2.24) is 4.72 Å². The zero-order chi connectivity index (χ0) is 17.7. The minimum Gasteiger partial charge on any atom is -0.497 e. The molecule has 0 aliphatic rings. The molecule has 0 aromatic heterocycles. The number of non-ortho nitro benzene ring substituents is 1. The molecule has 2 rings (SSSR count). The molecule has 0 aliphatic heterocycles. The van der Waals surface area contributed by atoms with Crippen LogP contribution in [0.1, 0.15) is 0 Å². The Morgan fingerprint density at radius 2 is 1.75 bits per heavy atom. The average Bonchev–Trinajstić information content (AvgIpc) is 2.55. The predicted molar refractivity (Wildman–Crippen MR) is 91.8 cm³/mol. The van der Waals surface area contributed by atoms with Crippen molar-refractivity contribution in [3.63, 3.8) is 0 Å². The zero-order valence-corrected chi connectivity index (χ0v) is 13.5. The van der Waals surface area contributed by atoms with Gasteiger partial charge in [-0.3, -0.25) is 14.8 Å². The lowest BCUT2D eigenvalue weighted by molar-refractivity contribution is -0.384. The number of anilines is 1. The van der Waals surface area contributed by atoms with Crippen LogP contribution in [-0.4, -0.2) is 28.1 Å². The van der Waals surface area contributed by atoms with Gasteiger partial charge >= 0.3 is 6.03 Å². The second-order valence-electron chi connectivity index (χ2n) is 4.71. The maximum Gasteiger partial charge on any atom is 0.330 e. The first-order valence-corrected chi connectivity index (χ1v) is 8.39. The molecular weight excluding hydrogens is 334 g/mol. The molecule has 1 atom stereocenters. The quantitative estimate of drug-likeness (QED) is 0.489. The molecular formula is C15H15N3O5S. The van der Waals surface area contributed by atoms with Crippen molar-refractivity contribution < 1.29 is 18.7 Å². The molecule has 0 saturated carbocycles. The van der Waals surface area contributed by atoms with Gasteiger partial charge in [-0.25, -0.2) is 9.00 Å². The van der Waals surface area contributed by atoms with Gasteiger partial charge in [-0.1, -0.05) is 0 Å². The number of ether oxygens (including phenoxy) is 1. The lowest BCUT2D eigenvalue weighted by Crippen LogP contribution is -2.34. The molecule has 24 heavy (non-hydrogen) atoms. The van der Waals surface area contributed by atoms with E-state index in [0.717, 1.165) is 0 Å². The molecule has 0 radical (unpaired) electrons. The summed E-state index contributed by atoms with van der Waals surface area (Å²) in [4.78, 5) is 22.2. The Morgan fingerprint density at radius 3 is 2.25 bits per heavy atom. The Kier molecular flexibility index (Phi) is 5.05. The van der Waals surface area contributed by atoms with E-state index in [2.05, 4.69) is 15.9 Å². The molecule has 0 aliphatic carbocycles. The summed E-state index contributed by atoms with van der Waals surface area (Å²) in [7, 11) is -1.62. The second-order valence-corrected chi connectivity index (χ2v) is 6.74. The fourth-order valence-corrected chi connectivity index (χ4v) is 2.87. The Morgan fingerprint density at radius 1 is 1.17 bits per heavy atom. The van der Waals surface area contributed by atoms with Crippen LogP contribution in [0.4, 0.5) is 16.2 Å². The van der Waals surface area contributed by atoms with Crippen LogP contribution in [-0.2, 0) is 9.71 Å². The van der Waals surface area contributed by atoms with Crippen LogP contribution in [0, 0.1) is 10.1 Å². The van der Waals surface area contributed by atoms with Crippen LogP contribution < -0.4 is 14.8 Å². The largest absolute Gasteiger partial charge is 0.497 e. The molecule has 0 saturated heterocycles. The van der Waals surface area contributed by atoms with E-state index >= 15 is 0 Å². The SMILES string of the molecule is C=S(=O)(NC(=O)Nc1ccc(OC)cc1)c1ccc([N+](=O)[O-])cc1. The summed E-state index contributed by atoms with van der Waals surface area (Å²) in [6, 6.07) is 10.8. The molecule has 2 aromatic rings. The molecule has 2 amide bonds. The topological polar surface area (TPSA) is 111 Å². The number of nitrogens with one attached hydrogen (secondary N) is 2. The fraction of sp³-hybridized carbons (Fsp3) is 0.0667. The number of urea groups is 1. The van der Waals surface area contributed by atoms with Gasteiger partial charge in [-0.2, -0.15) is 0 Å². The van der Waals surface area contributed by atoms with Crippen LogP contribution in [0.3, 0.4) is 0 Å². The Hall–Kier alpha value is -3.07. The molecule has 0 fully saturated rings. The van der Waals surface area contributed by atoms with Crippen molar-refractivity contribution >= 4 is 33.0 Å². The lowest BCUT2D eigenvalue weighted by atomic mass is 10.3. The summed E-state index contributed by atoms with van der Waals surface area (Å²) in [6.45, 7) is 0. The van der Waals surface area contributed by atoms with E-state index in [-0.39, 0.29) is 10.6 Å². The van der Waals surface area contributed by atoms with Gasteiger partial charge in [0.25, 0.3) is 5.69 Å². The highest BCUT2D eigenvalue weighted by molar-refractivity contribution is 7.99. The third-order valence-corrected chi connectivity index (χ3v) is 4.58. The highest BCUT2D eigenvalue weighted by Crippen LogP contribution is 2.17. The number of carbonyl (C=O) groups is 1. The van der Waals surface area contributed by atoms with Gasteiger partial charge in [0.2, 0.25) is 0 Å². The third-order valence-electron chi connectivity index (χ3n) is 3.03. The minimum atomic E-state index is -3.14. The number of hydrogen-bond donors (Lipinski definition) is 2. The van der Waals surface area contributed by atoms with Crippen molar-refractivity contribution in [1.29, 1.82) is 0 Å². The number of rotatable bonds is 5. The number of nitro groups is 1.